The van der Waals surface area contributed by atoms with Gasteiger partial charge in [-0.05, 0) is 36.8 Å². The number of hydrazone groups is 1. The van der Waals surface area contributed by atoms with Crippen LogP contribution in [0.3, 0.4) is 0 Å². The van der Waals surface area contributed by atoms with Crippen molar-refractivity contribution in [2.75, 3.05) is 0 Å². The zero-order valence-electron chi connectivity index (χ0n) is 18.9. The molecule has 11 nitrogen and oxygen atoms in total. The smallest absolute Gasteiger partial charge is 0.477 e. The van der Waals surface area contributed by atoms with Crippen LogP contribution in [0.1, 0.15) is 33.2 Å². The molecular weight excluding hydrogens is 614 g/mol. The van der Waals surface area contributed by atoms with E-state index in [4.69, 9.17) is 28.3 Å². The standard InChI is InChI=1S/C21H12Cl2F3N3O8S2/c1-9(27-28-19(30)11-2-4-12(20(31)32)16(7-11)29(33)34)13-8-38-18(10-3-5-14(22)15(23)6-10)17(13)37-39(35,36)21(24,25)26/h2-8H,1H3,(H,28,30)(H,31,32)/b27-9+. The largest absolute Gasteiger partial charge is 0.534 e. The lowest BCUT2D eigenvalue weighted by molar-refractivity contribution is -0.385. The van der Waals surface area contributed by atoms with Gasteiger partial charge in [0.15, 0.2) is 5.75 Å². The number of hydrogen-bond donors (Lipinski definition) is 2. The van der Waals surface area contributed by atoms with Gasteiger partial charge in [0.2, 0.25) is 0 Å². The first-order valence-electron chi connectivity index (χ1n) is 9.98. The summed E-state index contributed by atoms with van der Waals surface area (Å²) in [6.07, 6.45) is 0. The molecule has 1 heterocycles. The third kappa shape index (κ3) is 6.47. The van der Waals surface area contributed by atoms with Crippen LogP contribution < -0.4 is 9.61 Å². The van der Waals surface area contributed by atoms with Gasteiger partial charge in [-0.1, -0.05) is 29.3 Å². The number of nitro groups is 1. The lowest BCUT2D eigenvalue weighted by Gasteiger charge is -2.12. The molecule has 2 N–H and O–H groups in total. The van der Waals surface area contributed by atoms with E-state index in [1.54, 1.807) is 0 Å². The van der Waals surface area contributed by atoms with Crippen LogP contribution in [0.4, 0.5) is 18.9 Å². The first-order valence-corrected chi connectivity index (χ1v) is 13.0. The number of nitrogens with one attached hydrogen (secondary N) is 1. The second kappa shape index (κ2) is 11.2. The molecule has 1 amide bonds. The highest BCUT2D eigenvalue weighted by molar-refractivity contribution is 7.88. The van der Waals surface area contributed by atoms with Gasteiger partial charge < -0.3 is 9.29 Å². The molecule has 0 saturated heterocycles. The van der Waals surface area contributed by atoms with E-state index < -0.39 is 49.4 Å². The van der Waals surface area contributed by atoms with Gasteiger partial charge in [0.25, 0.3) is 11.6 Å². The summed E-state index contributed by atoms with van der Waals surface area (Å²) in [5.41, 5.74) is -5.95. The van der Waals surface area contributed by atoms with Crippen molar-refractivity contribution in [1.82, 2.24) is 5.43 Å². The van der Waals surface area contributed by atoms with E-state index in [1.165, 1.54) is 30.5 Å². The zero-order valence-corrected chi connectivity index (χ0v) is 22.1. The normalized spacial score (nSPS) is 12.2. The molecule has 0 bridgehead atoms. The first-order chi connectivity index (χ1) is 18.0. The molecule has 0 saturated carbocycles. The fraction of sp³-hybridized carbons (Fsp3) is 0.0952. The number of nitro benzene ring substituents is 1. The Kier molecular flexibility index (Phi) is 8.54. The maximum absolute atomic E-state index is 13.1. The predicted octanol–water partition coefficient (Wildman–Crippen LogP) is 5.71. The summed E-state index contributed by atoms with van der Waals surface area (Å²) in [6.45, 7) is 1.21. The summed E-state index contributed by atoms with van der Waals surface area (Å²) in [4.78, 5) is 33.7. The summed E-state index contributed by atoms with van der Waals surface area (Å²) in [7, 11) is -6.13. The summed E-state index contributed by atoms with van der Waals surface area (Å²) >= 11 is 12.6. The fourth-order valence-corrected chi connectivity index (χ4v) is 4.81. The third-order valence-electron chi connectivity index (χ3n) is 4.81. The monoisotopic (exact) mass is 625 g/mol. The van der Waals surface area contributed by atoms with Gasteiger partial charge in [-0.15, -0.1) is 11.3 Å². The number of amides is 1. The molecule has 1 aromatic heterocycles. The lowest BCUT2D eigenvalue weighted by atomic mass is 10.1. The number of rotatable bonds is 8. The number of aromatic carboxylic acids is 1. The number of carbonyl (C=O) groups is 2. The Morgan fingerprint density at radius 1 is 1.13 bits per heavy atom. The molecule has 3 aromatic rings. The number of halogens is 5. The van der Waals surface area contributed by atoms with Crippen LogP contribution in [-0.2, 0) is 10.1 Å². The summed E-state index contributed by atoms with van der Waals surface area (Å²) in [6, 6.07) is 6.47. The Labute approximate surface area is 230 Å². The van der Waals surface area contributed by atoms with E-state index in [0.29, 0.717) is 6.07 Å². The number of carbonyl (C=O) groups excluding carboxylic acids is 1. The van der Waals surface area contributed by atoms with Crippen LogP contribution in [0.5, 0.6) is 5.75 Å². The van der Waals surface area contributed by atoms with Crippen molar-refractivity contribution in [3.63, 3.8) is 0 Å². The van der Waals surface area contributed by atoms with Crippen molar-refractivity contribution < 1.29 is 45.4 Å². The van der Waals surface area contributed by atoms with E-state index in [-0.39, 0.29) is 37.3 Å². The Hall–Kier alpha value is -3.73. The van der Waals surface area contributed by atoms with Crippen molar-refractivity contribution in [2.24, 2.45) is 5.10 Å². The zero-order chi connectivity index (χ0) is 29.3. The summed E-state index contributed by atoms with van der Waals surface area (Å²) < 4.78 is 67.4. The Morgan fingerprint density at radius 3 is 2.36 bits per heavy atom. The fourth-order valence-electron chi connectivity index (χ4n) is 2.94. The summed E-state index contributed by atoms with van der Waals surface area (Å²) in [5.74, 6) is -3.40. The highest BCUT2D eigenvalue weighted by Gasteiger charge is 2.49. The highest BCUT2D eigenvalue weighted by Crippen LogP contribution is 2.43. The Morgan fingerprint density at radius 2 is 1.79 bits per heavy atom. The molecular formula is C21H12Cl2F3N3O8S2. The molecule has 39 heavy (non-hydrogen) atoms. The SMILES string of the molecule is C/C(=N\NC(=O)c1ccc(C(=O)O)c([N+](=O)[O-])c1)c1csc(-c2ccc(Cl)c(Cl)c2)c1OS(=O)(=O)C(F)(F)F. The minimum absolute atomic E-state index is 0.0226. The maximum Gasteiger partial charge on any atom is 0.534 e. The van der Waals surface area contributed by atoms with E-state index in [2.05, 4.69) is 9.28 Å². The lowest BCUT2D eigenvalue weighted by Crippen LogP contribution is -2.28. The van der Waals surface area contributed by atoms with E-state index >= 15 is 0 Å². The second-order valence-electron chi connectivity index (χ2n) is 7.35. The van der Waals surface area contributed by atoms with Crippen LogP contribution >= 0.6 is 34.5 Å². The minimum Gasteiger partial charge on any atom is -0.477 e. The minimum atomic E-state index is -6.13. The number of carboxylic acid groups (broad SMARTS) is 1. The van der Waals surface area contributed by atoms with Crippen LogP contribution in [0.25, 0.3) is 10.4 Å². The number of benzene rings is 2. The number of carboxylic acids is 1. The molecule has 0 aliphatic carbocycles. The molecule has 0 atom stereocenters. The van der Waals surface area contributed by atoms with Gasteiger partial charge >= 0.3 is 21.6 Å². The molecule has 0 radical (unpaired) electrons. The van der Waals surface area contributed by atoms with Crippen molar-refractivity contribution in [2.45, 2.75) is 12.4 Å². The van der Waals surface area contributed by atoms with Gasteiger partial charge in [-0.25, -0.2) is 10.2 Å². The highest BCUT2D eigenvalue weighted by atomic mass is 35.5. The molecule has 0 fully saturated rings. The molecule has 18 heteroatoms. The van der Waals surface area contributed by atoms with Crippen LogP contribution in [-0.4, -0.2) is 41.5 Å². The van der Waals surface area contributed by atoms with E-state index in [0.717, 1.165) is 23.5 Å². The average Bonchev–Trinajstić information content (AvgIpc) is 3.25. The number of nitrogens with zero attached hydrogens (tertiary/aromatic N) is 2. The van der Waals surface area contributed by atoms with Gasteiger partial charge in [0.1, 0.15) is 5.56 Å². The topological polar surface area (TPSA) is 165 Å². The predicted molar refractivity (Wildman–Crippen MR) is 135 cm³/mol. The van der Waals surface area contributed by atoms with Gasteiger partial charge in [0, 0.05) is 17.0 Å². The molecule has 3 rings (SSSR count). The average molecular weight is 626 g/mol. The molecule has 206 valence electrons. The van der Waals surface area contributed by atoms with Crippen molar-refractivity contribution >= 4 is 67.9 Å². The molecule has 0 unspecified atom stereocenters. The first kappa shape index (κ1) is 29.8. The molecule has 2 aromatic carbocycles. The van der Waals surface area contributed by atoms with Gasteiger partial charge in [-0.2, -0.15) is 26.7 Å². The van der Waals surface area contributed by atoms with E-state index in [9.17, 15) is 41.3 Å². The van der Waals surface area contributed by atoms with Gasteiger partial charge in [0.05, 0.1) is 31.1 Å². The maximum atomic E-state index is 13.1. The summed E-state index contributed by atoms with van der Waals surface area (Å²) in [5, 5.41) is 25.3. The molecule has 0 aliphatic heterocycles. The Bertz CT molecular complexity index is 1640. The van der Waals surface area contributed by atoms with Crippen LogP contribution in [0.2, 0.25) is 10.0 Å². The number of thiophene rings is 1. The molecule has 0 spiro atoms. The van der Waals surface area contributed by atoms with Crippen molar-refractivity contribution in [3.8, 4) is 16.2 Å². The van der Waals surface area contributed by atoms with Crippen LogP contribution in [0.15, 0.2) is 46.9 Å². The quantitative estimate of drug-likeness (QED) is 0.106. The molecule has 0 aliphatic rings. The van der Waals surface area contributed by atoms with E-state index in [1.807, 2.05) is 5.43 Å². The Balaban J connectivity index is 2.02. The third-order valence-corrected chi connectivity index (χ3v) is 7.51. The van der Waals surface area contributed by atoms with Crippen molar-refractivity contribution in [1.29, 1.82) is 0 Å². The van der Waals surface area contributed by atoms with Gasteiger partial charge in [-0.3, -0.25) is 14.9 Å². The number of alkyl halides is 3. The van der Waals surface area contributed by atoms with Crippen LogP contribution in [0, 0.1) is 10.1 Å². The second-order valence-corrected chi connectivity index (χ2v) is 10.6. The van der Waals surface area contributed by atoms with Crippen molar-refractivity contribution in [3.05, 3.63) is 78.6 Å². The number of hydrogen-bond acceptors (Lipinski definition) is 9.